The van der Waals surface area contributed by atoms with Gasteiger partial charge in [0, 0.05) is 68.2 Å². The van der Waals surface area contributed by atoms with Gasteiger partial charge >= 0.3 is 0 Å². The first-order chi connectivity index (χ1) is 30.3. The summed E-state index contributed by atoms with van der Waals surface area (Å²) in [5.41, 5.74) is 7.73. The van der Waals surface area contributed by atoms with Crippen LogP contribution in [-0.4, -0.2) is 67.0 Å². The molecule has 0 radical (unpaired) electrons. The molecule has 64 heavy (non-hydrogen) atoms. The standard InChI is InChI=1S/C52H65N9OS2/c1-32(34-12-16-36(17-13-34)42-20-22-44(63-42)40-24-26-53-47(57-40)55-38-28-49(3,4)60-50(5,6)29-38)46(59-62-11)33(2)35-14-18-37(19-15-35)43-21-23-45(64-43)41-25-27-54-48(58-41)56-39-30-51(7,8)61-52(9,10)31-39/h12-27,32-33,38-39,60-61H,28-31H2,1-11H3,(H,53,55,57)(H,54,56,58). The Morgan fingerprint density at radius 3 is 1.28 bits per heavy atom. The number of benzene rings is 2. The van der Waals surface area contributed by atoms with Crippen molar-refractivity contribution in [3.05, 3.63) is 108 Å². The number of rotatable bonds is 13. The van der Waals surface area contributed by atoms with Crippen LogP contribution >= 0.6 is 22.7 Å². The summed E-state index contributed by atoms with van der Waals surface area (Å²) >= 11 is 3.50. The van der Waals surface area contributed by atoms with Crippen molar-refractivity contribution >= 4 is 40.3 Å². The number of oxime groups is 1. The topological polar surface area (TPSA) is 121 Å². The fraction of sp³-hybridized carbons (Fsp3) is 0.442. The highest BCUT2D eigenvalue weighted by Crippen LogP contribution is 2.38. The second kappa shape index (κ2) is 18.1. The molecule has 2 atom stereocenters. The number of piperidine rings is 2. The molecular weight excluding hydrogens is 831 g/mol. The van der Waals surface area contributed by atoms with Crippen molar-refractivity contribution in [1.82, 2.24) is 30.6 Å². The highest BCUT2D eigenvalue weighted by molar-refractivity contribution is 7.19. The monoisotopic (exact) mass is 895 g/mol. The molecule has 2 saturated heterocycles. The molecular formula is C52H65N9OS2. The maximum Gasteiger partial charge on any atom is 0.223 e. The summed E-state index contributed by atoms with van der Waals surface area (Å²) in [7, 11) is 1.63. The van der Waals surface area contributed by atoms with Crippen molar-refractivity contribution in [2.75, 3.05) is 17.7 Å². The first-order valence-corrected chi connectivity index (χ1v) is 24.3. The Labute approximate surface area is 388 Å². The molecule has 8 rings (SSSR count). The Bertz CT molecular complexity index is 2370. The van der Waals surface area contributed by atoms with Gasteiger partial charge in [-0.2, -0.15) is 0 Å². The smallest absolute Gasteiger partial charge is 0.223 e. The second-order valence-electron chi connectivity index (χ2n) is 20.5. The lowest BCUT2D eigenvalue weighted by Gasteiger charge is -2.46. The van der Waals surface area contributed by atoms with E-state index in [-0.39, 0.29) is 34.0 Å². The Kier molecular flexibility index (Phi) is 12.9. The predicted molar refractivity (Wildman–Crippen MR) is 269 cm³/mol. The van der Waals surface area contributed by atoms with Crippen LogP contribution in [0.3, 0.4) is 0 Å². The summed E-state index contributed by atoms with van der Waals surface area (Å²) in [4.78, 5) is 29.2. The molecule has 0 saturated carbocycles. The van der Waals surface area contributed by atoms with Crippen molar-refractivity contribution in [1.29, 1.82) is 0 Å². The van der Waals surface area contributed by atoms with Gasteiger partial charge < -0.3 is 26.1 Å². The highest BCUT2D eigenvalue weighted by Gasteiger charge is 2.39. The van der Waals surface area contributed by atoms with Crippen molar-refractivity contribution in [3.63, 3.8) is 0 Å². The molecule has 4 aromatic heterocycles. The number of nitrogens with one attached hydrogen (secondary N) is 4. The van der Waals surface area contributed by atoms with E-state index in [1.165, 1.54) is 32.0 Å². The van der Waals surface area contributed by atoms with Gasteiger partial charge in [-0.1, -0.05) is 67.5 Å². The molecule has 0 bridgehead atoms. The molecule has 4 N–H and O–H groups in total. The maximum atomic E-state index is 5.46. The van der Waals surface area contributed by atoms with Gasteiger partial charge in [-0.05, 0) is 140 Å². The van der Waals surface area contributed by atoms with Crippen LogP contribution in [0.15, 0.2) is 102 Å². The molecule has 2 aliphatic heterocycles. The molecule has 0 amide bonds. The third-order valence-electron chi connectivity index (χ3n) is 12.5. The Hall–Kier alpha value is -5.01. The fourth-order valence-corrected chi connectivity index (χ4v) is 12.4. The Balaban J connectivity index is 0.905. The SMILES string of the molecule is CON=C(C(C)c1ccc(-c2ccc(-c3ccnc(NC4CC(C)(C)NC(C)(C)C4)n3)s2)cc1)C(C)c1ccc(-c2ccc(-c3ccnc(NC4CC(C)(C)NC(C)(C)C4)n3)s2)cc1. The van der Waals surface area contributed by atoms with Crippen LogP contribution in [0.5, 0.6) is 0 Å². The van der Waals surface area contributed by atoms with E-state index in [1.807, 2.05) is 24.5 Å². The van der Waals surface area contributed by atoms with E-state index in [1.54, 1.807) is 29.8 Å². The van der Waals surface area contributed by atoms with E-state index < -0.39 is 0 Å². The van der Waals surface area contributed by atoms with Gasteiger partial charge in [0.25, 0.3) is 0 Å². The fourth-order valence-electron chi connectivity index (χ4n) is 10.5. The van der Waals surface area contributed by atoms with Gasteiger partial charge in [-0.15, -0.1) is 22.7 Å². The molecule has 2 aromatic carbocycles. The summed E-state index contributed by atoms with van der Waals surface area (Å²) in [5, 5.41) is 19.4. The molecule has 2 aliphatic rings. The minimum Gasteiger partial charge on any atom is -0.399 e. The molecule has 336 valence electrons. The zero-order valence-electron chi connectivity index (χ0n) is 39.3. The number of anilines is 2. The molecule has 0 spiro atoms. The zero-order chi connectivity index (χ0) is 45.4. The number of hydrogen-bond acceptors (Lipinski definition) is 12. The van der Waals surface area contributed by atoms with Crippen LogP contribution in [0.25, 0.3) is 42.0 Å². The minimum atomic E-state index is 0.0416. The van der Waals surface area contributed by atoms with Crippen molar-refractivity contribution in [2.24, 2.45) is 5.16 Å². The van der Waals surface area contributed by atoms with Gasteiger partial charge in [0.15, 0.2) is 0 Å². The predicted octanol–water partition coefficient (Wildman–Crippen LogP) is 12.4. The van der Waals surface area contributed by atoms with E-state index in [9.17, 15) is 0 Å². The van der Waals surface area contributed by atoms with Gasteiger partial charge in [0.1, 0.15) is 7.11 Å². The van der Waals surface area contributed by atoms with E-state index in [4.69, 9.17) is 14.8 Å². The molecule has 12 heteroatoms. The van der Waals surface area contributed by atoms with Crippen LogP contribution < -0.4 is 21.3 Å². The zero-order valence-corrected chi connectivity index (χ0v) is 41.0. The van der Waals surface area contributed by atoms with Crippen LogP contribution in [0.2, 0.25) is 0 Å². The van der Waals surface area contributed by atoms with Crippen molar-refractivity contribution < 1.29 is 4.84 Å². The third-order valence-corrected chi connectivity index (χ3v) is 14.9. The van der Waals surface area contributed by atoms with Gasteiger partial charge in [0.05, 0.1) is 26.9 Å². The highest BCUT2D eigenvalue weighted by atomic mass is 32.1. The quantitative estimate of drug-likeness (QED) is 0.0663. The lowest BCUT2D eigenvalue weighted by atomic mass is 9.79. The first kappa shape index (κ1) is 45.6. The summed E-state index contributed by atoms with van der Waals surface area (Å²) in [6.07, 6.45) is 7.74. The summed E-state index contributed by atoms with van der Waals surface area (Å²) in [5.74, 6) is 1.46. The molecule has 2 fully saturated rings. The summed E-state index contributed by atoms with van der Waals surface area (Å²) in [6.45, 7) is 22.5. The number of aromatic nitrogens is 4. The van der Waals surface area contributed by atoms with E-state index in [2.05, 4.69) is 178 Å². The molecule has 6 aromatic rings. The summed E-state index contributed by atoms with van der Waals surface area (Å²) in [6, 6.07) is 31.0. The second-order valence-corrected chi connectivity index (χ2v) is 22.7. The Morgan fingerprint density at radius 2 is 0.922 bits per heavy atom. The van der Waals surface area contributed by atoms with Crippen LogP contribution in [0.1, 0.15) is 118 Å². The van der Waals surface area contributed by atoms with Crippen LogP contribution in [0, 0.1) is 0 Å². The van der Waals surface area contributed by atoms with Gasteiger partial charge in [0.2, 0.25) is 11.9 Å². The van der Waals surface area contributed by atoms with Crippen LogP contribution in [0.4, 0.5) is 11.9 Å². The molecule has 6 heterocycles. The van der Waals surface area contributed by atoms with Gasteiger partial charge in [-0.3, -0.25) is 0 Å². The van der Waals surface area contributed by atoms with Crippen molar-refractivity contribution in [3.8, 4) is 42.0 Å². The Morgan fingerprint density at radius 1 is 0.562 bits per heavy atom. The molecule has 10 nitrogen and oxygen atoms in total. The number of hydrogen-bond donors (Lipinski definition) is 4. The average Bonchev–Trinajstić information content (AvgIpc) is 3.92. The normalized spacial score (nSPS) is 19.0. The minimum absolute atomic E-state index is 0.0416. The number of thiophene rings is 2. The lowest BCUT2D eigenvalue weighted by molar-refractivity contribution is 0.170. The molecule has 2 unspecified atom stereocenters. The van der Waals surface area contributed by atoms with Crippen molar-refractivity contribution in [2.45, 2.75) is 141 Å². The van der Waals surface area contributed by atoms with Crippen LogP contribution in [-0.2, 0) is 4.84 Å². The summed E-state index contributed by atoms with van der Waals surface area (Å²) < 4.78 is 0. The van der Waals surface area contributed by atoms with E-state index >= 15 is 0 Å². The molecule has 0 aliphatic carbocycles. The van der Waals surface area contributed by atoms with E-state index in [0.29, 0.717) is 24.0 Å². The maximum absolute atomic E-state index is 5.46. The van der Waals surface area contributed by atoms with E-state index in [0.717, 1.165) is 52.5 Å². The largest absolute Gasteiger partial charge is 0.399 e. The first-order valence-electron chi connectivity index (χ1n) is 22.6. The number of nitrogens with zero attached hydrogens (tertiary/aromatic N) is 5. The van der Waals surface area contributed by atoms with Gasteiger partial charge in [-0.25, -0.2) is 19.9 Å². The average molecular weight is 896 g/mol. The third kappa shape index (κ3) is 10.9. The lowest BCUT2D eigenvalue weighted by Crippen LogP contribution is -2.60.